The molecule has 0 amide bonds. The van der Waals surface area contributed by atoms with Gasteiger partial charge in [-0.3, -0.25) is 0 Å². The number of nitrogens with one attached hydrogen (secondary N) is 2. The van der Waals surface area contributed by atoms with Crippen LogP contribution in [0.3, 0.4) is 0 Å². The Balaban J connectivity index is 2.11. The fourth-order valence-corrected chi connectivity index (χ4v) is 2.87. The second-order valence-corrected chi connectivity index (χ2v) is 6.13. The second kappa shape index (κ2) is 7.21. The van der Waals surface area contributed by atoms with Gasteiger partial charge in [0.05, 0.1) is 17.3 Å². The fourth-order valence-electron chi connectivity index (χ4n) is 2.58. The van der Waals surface area contributed by atoms with Gasteiger partial charge in [0, 0.05) is 0 Å². The fraction of sp³-hybridized carbons (Fsp3) is 0.278. The normalized spacial score (nSPS) is 12.6. The molecule has 1 atom stereocenters. The zero-order chi connectivity index (χ0) is 17.9. The van der Waals surface area contributed by atoms with Crippen LogP contribution in [0.2, 0.25) is 0 Å². The average molecular weight is 352 g/mol. The third-order valence-electron chi connectivity index (χ3n) is 3.72. The van der Waals surface area contributed by atoms with E-state index in [1.54, 1.807) is 0 Å². The number of hydrogen-bond acceptors (Lipinski definition) is 1. The zero-order valence-corrected chi connectivity index (χ0v) is 14.5. The van der Waals surface area contributed by atoms with Gasteiger partial charge in [0.1, 0.15) is 0 Å². The van der Waals surface area contributed by atoms with Crippen molar-refractivity contribution in [1.29, 1.82) is 0 Å². The average Bonchev–Trinajstić information content (AvgIpc) is 2.46. The van der Waals surface area contributed by atoms with E-state index in [0.717, 1.165) is 22.8 Å². The number of halogens is 3. The molecule has 0 aliphatic carbocycles. The van der Waals surface area contributed by atoms with E-state index < -0.39 is 11.7 Å². The van der Waals surface area contributed by atoms with Crippen molar-refractivity contribution in [2.75, 3.05) is 5.32 Å². The van der Waals surface area contributed by atoms with Gasteiger partial charge in [-0.2, -0.15) is 13.2 Å². The Morgan fingerprint density at radius 3 is 2.38 bits per heavy atom. The lowest BCUT2D eigenvalue weighted by Gasteiger charge is -2.21. The first kappa shape index (κ1) is 18.3. The molecular formula is C18H19F3N2S. The number of thiocarbonyl (C=S) groups is 1. The van der Waals surface area contributed by atoms with Gasteiger partial charge in [-0.25, -0.2) is 0 Å². The summed E-state index contributed by atoms with van der Waals surface area (Å²) < 4.78 is 39.0. The third kappa shape index (κ3) is 4.47. The quantitative estimate of drug-likeness (QED) is 0.726. The van der Waals surface area contributed by atoms with E-state index in [-0.39, 0.29) is 16.8 Å². The van der Waals surface area contributed by atoms with Crippen molar-refractivity contribution in [2.24, 2.45) is 0 Å². The Bertz CT molecular complexity index is 741. The summed E-state index contributed by atoms with van der Waals surface area (Å²) in [5.74, 6) is 0. The molecule has 0 aromatic heterocycles. The number of benzene rings is 2. The molecule has 0 saturated heterocycles. The summed E-state index contributed by atoms with van der Waals surface area (Å²) in [5.41, 5.74) is 2.51. The number of anilines is 1. The molecule has 0 fully saturated rings. The summed E-state index contributed by atoms with van der Waals surface area (Å²) in [6.07, 6.45) is -4.43. The highest BCUT2D eigenvalue weighted by Crippen LogP contribution is 2.34. The highest BCUT2D eigenvalue weighted by Gasteiger charge is 2.33. The van der Waals surface area contributed by atoms with Gasteiger partial charge in [0.15, 0.2) is 5.11 Å². The Hall–Kier alpha value is -2.08. The van der Waals surface area contributed by atoms with Gasteiger partial charge < -0.3 is 10.6 Å². The van der Waals surface area contributed by atoms with Crippen molar-refractivity contribution in [3.05, 3.63) is 64.7 Å². The predicted molar refractivity (Wildman–Crippen MR) is 95.1 cm³/mol. The Morgan fingerprint density at radius 1 is 1.08 bits per heavy atom. The molecule has 0 aliphatic heterocycles. The van der Waals surface area contributed by atoms with Crippen LogP contribution in [0, 0.1) is 13.8 Å². The lowest BCUT2D eigenvalue weighted by atomic mass is 10.0. The molecule has 2 rings (SSSR count). The number of aryl methyl sites for hydroxylation is 2. The first-order chi connectivity index (χ1) is 11.2. The summed E-state index contributed by atoms with van der Waals surface area (Å²) >= 11 is 5.17. The maximum Gasteiger partial charge on any atom is 0.418 e. The molecule has 2 aromatic carbocycles. The van der Waals surface area contributed by atoms with Crippen molar-refractivity contribution in [3.8, 4) is 0 Å². The summed E-state index contributed by atoms with van der Waals surface area (Å²) in [6, 6.07) is 11.2. The van der Waals surface area contributed by atoms with Crippen LogP contribution in [-0.4, -0.2) is 5.11 Å². The van der Waals surface area contributed by atoms with E-state index in [4.69, 9.17) is 12.2 Å². The molecule has 0 radical (unpaired) electrons. The molecule has 0 spiro atoms. The van der Waals surface area contributed by atoms with E-state index in [1.807, 2.05) is 32.9 Å². The van der Waals surface area contributed by atoms with E-state index in [1.165, 1.54) is 18.2 Å². The molecule has 0 unspecified atom stereocenters. The number of hydrogen-bond donors (Lipinski definition) is 2. The lowest BCUT2D eigenvalue weighted by molar-refractivity contribution is -0.136. The van der Waals surface area contributed by atoms with E-state index in [0.29, 0.717) is 0 Å². The van der Waals surface area contributed by atoms with Crippen molar-refractivity contribution in [2.45, 2.75) is 33.0 Å². The molecule has 24 heavy (non-hydrogen) atoms. The minimum Gasteiger partial charge on any atom is -0.356 e. The van der Waals surface area contributed by atoms with Crippen LogP contribution in [0.5, 0.6) is 0 Å². The monoisotopic (exact) mass is 352 g/mol. The zero-order valence-electron chi connectivity index (χ0n) is 13.7. The van der Waals surface area contributed by atoms with Crippen LogP contribution >= 0.6 is 12.2 Å². The summed E-state index contributed by atoms with van der Waals surface area (Å²) in [6.45, 7) is 5.92. The Labute approximate surface area is 145 Å². The van der Waals surface area contributed by atoms with Crippen LogP contribution in [0.15, 0.2) is 42.5 Å². The van der Waals surface area contributed by atoms with Crippen LogP contribution < -0.4 is 10.6 Å². The highest BCUT2D eigenvalue weighted by molar-refractivity contribution is 7.80. The Kier molecular flexibility index (Phi) is 5.49. The molecule has 0 saturated carbocycles. The third-order valence-corrected chi connectivity index (χ3v) is 3.94. The second-order valence-electron chi connectivity index (χ2n) is 5.72. The standard InChI is InChI=1S/C18H19F3N2S/c1-11-8-9-14(12(2)10-11)13(3)22-17(24)23-16-7-5-4-6-15(16)18(19,20)21/h4-10,13H,1-3H3,(H2,22,23,24)/t13-/m0/s1. The van der Waals surface area contributed by atoms with Crippen LogP contribution in [0.1, 0.15) is 35.2 Å². The van der Waals surface area contributed by atoms with Gasteiger partial charge in [-0.05, 0) is 56.2 Å². The van der Waals surface area contributed by atoms with E-state index in [2.05, 4.69) is 16.7 Å². The molecular weight excluding hydrogens is 333 g/mol. The summed E-state index contributed by atoms with van der Waals surface area (Å²) in [5, 5.41) is 5.84. The van der Waals surface area contributed by atoms with Crippen LogP contribution in [0.4, 0.5) is 18.9 Å². The molecule has 2 nitrogen and oxygen atoms in total. The molecule has 0 bridgehead atoms. The molecule has 0 heterocycles. The maximum absolute atomic E-state index is 13.0. The minimum atomic E-state index is -4.43. The minimum absolute atomic E-state index is 0.0599. The number of rotatable bonds is 3. The first-order valence-electron chi connectivity index (χ1n) is 7.49. The molecule has 6 heteroatoms. The van der Waals surface area contributed by atoms with Gasteiger partial charge in [-0.1, -0.05) is 35.9 Å². The maximum atomic E-state index is 13.0. The van der Waals surface area contributed by atoms with Crippen LogP contribution in [0.25, 0.3) is 0 Å². The molecule has 2 N–H and O–H groups in total. The van der Waals surface area contributed by atoms with Crippen molar-refractivity contribution in [1.82, 2.24) is 5.32 Å². The largest absolute Gasteiger partial charge is 0.418 e. The smallest absolute Gasteiger partial charge is 0.356 e. The van der Waals surface area contributed by atoms with Gasteiger partial charge in [0.25, 0.3) is 0 Å². The van der Waals surface area contributed by atoms with E-state index in [9.17, 15) is 13.2 Å². The predicted octanol–water partition coefficient (Wildman–Crippen LogP) is 5.37. The van der Waals surface area contributed by atoms with Crippen LogP contribution in [-0.2, 0) is 6.18 Å². The number of para-hydroxylation sites is 1. The van der Waals surface area contributed by atoms with Gasteiger partial charge in [0.2, 0.25) is 0 Å². The number of alkyl halides is 3. The van der Waals surface area contributed by atoms with E-state index >= 15 is 0 Å². The SMILES string of the molecule is Cc1ccc([C@H](C)NC(=S)Nc2ccccc2C(F)(F)F)c(C)c1. The molecule has 2 aromatic rings. The van der Waals surface area contributed by atoms with Gasteiger partial charge in [-0.15, -0.1) is 0 Å². The summed E-state index contributed by atoms with van der Waals surface area (Å²) in [7, 11) is 0. The topological polar surface area (TPSA) is 24.1 Å². The van der Waals surface area contributed by atoms with Gasteiger partial charge >= 0.3 is 6.18 Å². The molecule has 0 aliphatic rings. The highest BCUT2D eigenvalue weighted by atomic mass is 32.1. The summed E-state index contributed by atoms with van der Waals surface area (Å²) in [4.78, 5) is 0. The molecule has 128 valence electrons. The Morgan fingerprint density at radius 2 is 1.75 bits per heavy atom. The van der Waals surface area contributed by atoms with Crippen molar-refractivity contribution >= 4 is 23.0 Å². The lowest BCUT2D eigenvalue weighted by Crippen LogP contribution is -2.32. The van der Waals surface area contributed by atoms with Crippen molar-refractivity contribution in [3.63, 3.8) is 0 Å². The first-order valence-corrected chi connectivity index (χ1v) is 7.90. The van der Waals surface area contributed by atoms with Crippen molar-refractivity contribution < 1.29 is 13.2 Å².